The van der Waals surface area contributed by atoms with Gasteiger partial charge in [-0.1, -0.05) is 22.0 Å². The Bertz CT molecular complexity index is 373. The first-order chi connectivity index (χ1) is 8.13. The highest BCUT2D eigenvalue weighted by Crippen LogP contribution is 2.05. The molecule has 5 heteroatoms. The highest BCUT2D eigenvalue weighted by molar-refractivity contribution is 9.09. The maximum Gasteiger partial charge on any atom is 0.251 e. The molecular formula is C12H15BrFNO2. The minimum absolute atomic E-state index is 0.209. The number of carbonyl (C=O) groups is 1. The third-order valence-corrected chi connectivity index (χ3v) is 2.90. The molecule has 1 atom stereocenters. The van der Waals surface area contributed by atoms with Crippen LogP contribution in [0, 0.1) is 5.82 Å². The lowest BCUT2D eigenvalue weighted by Gasteiger charge is -2.09. The molecule has 0 aliphatic carbocycles. The fourth-order valence-electron chi connectivity index (χ4n) is 1.34. The smallest absolute Gasteiger partial charge is 0.251 e. The molecule has 0 aromatic heterocycles. The SMILES string of the molecule is COCC(Br)CCNC(=O)c1cccc(F)c1. The minimum Gasteiger partial charge on any atom is -0.384 e. The molecule has 1 aromatic carbocycles. The largest absolute Gasteiger partial charge is 0.384 e. The predicted molar refractivity (Wildman–Crippen MR) is 67.9 cm³/mol. The molecule has 0 saturated carbocycles. The van der Waals surface area contributed by atoms with Gasteiger partial charge in [0, 0.05) is 24.0 Å². The fourth-order valence-corrected chi connectivity index (χ4v) is 1.83. The van der Waals surface area contributed by atoms with Crippen molar-refractivity contribution < 1.29 is 13.9 Å². The summed E-state index contributed by atoms with van der Waals surface area (Å²) in [5.74, 6) is -0.669. The molecule has 0 bridgehead atoms. The number of benzene rings is 1. The summed E-state index contributed by atoms with van der Waals surface area (Å²) in [7, 11) is 1.62. The third kappa shape index (κ3) is 5.28. The molecule has 0 aliphatic rings. The van der Waals surface area contributed by atoms with Crippen molar-refractivity contribution in [3.05, 3.63) is 35.6 Å². The molecule has 0 aliphatic heterocycles. The molecule has 3 nitrogen and oxygen atoms in total. The number of methoxy groups -OCH3 is 1. The standard InChI is InChI=1S/C12H15BrFNO2/c1-17-8-10(13)5-6-15-12(16)9-3-2-4-11(14)7-9/h2-4,7,10H,5-6,8H2,1H3,(H,15,16). The zero-order chi connectivity index (χ0) is 12.7. The van der Waals surface area contributed by atoms with Crippen molar-refractivity contribution in [2.45, 2.75) is 11.2 Å². The summed E-state index contributed by atoms with van der Waals surface area (Å²) in [5, 5.41) is 2.72. The van der Waals surface area contributed by atoms with Crippen LogP contribution in [-0.4, -0.2) is 31.0 Å². The van der Waals surface area contributed by atoms with Crippen LogP contribution < -0.4 is 5.32 Å². The lowest BCUT2D eigenvalue weighted by molar-refractivity contribution is 0.0951. The van der Waals surface area contributed by atoms with Crippen LogP contribution >= 0.6 is 15.9 Å². The number of alkyl halides is 1. The Morgan fingerprint density at radius 1 is 1.59 bits per heavy atom. The summed E-state index contributed by atoms with van der Waals surface area (Å²) in [4.78, 5) is 11.8. The van der Waals surface area contributed by atoms with E-state index in [4.69, 9.17) is 4.74 Å². The van der Waals surface area contributed by atoms with E-state index in [1.54, 1.807) is 13.2 Å². The van der Waals surface area contributed by atoms with Gasteiger partial charge in [0.2, 0.25) is 0 Å². The van der Waals surface area contributed by atoms with E-state index < -0.39 is 5.82 Å². The van der Waals surface area contributed by atoms with E-state index in [-0.39, 0.29) is 10.7 Å². The molecule has 1 N–H and O–H groups in total. The Morgan fingerprint density at radius 2 is 2.35 bits per heavy atom. The van der Waals surface area contributed by atoms with Gasteiger partial charge < -0.3 is 10.1 Å². The normalized spacial score (nSPS) is 12.2. The van der Waals surface area contributed by atoms with Crippen molar-refractivity contribution in [2.75, 3.05) is 20.3 Å². The van der Waals surface area contributed by atoms with Gasteiger partial charge in [-0.05, 0) is 24.6 Å². The van der Waals surface area contributed by atoms with Crippen molar-refractivity contribution in [1.82, 2.24) is 5.32 Å². The molecule has 0 saturated heterocycles. The van der Waals surface area contributed by atoms with Crippen LogP contribution in [0.4, 0.5) is 4.39 Å². The van der Waals surface area contributed by atoms with Crippen molar-refractivity contribution in [3.8, 4) is 0 Å². The minimum atomic E-state index is -0.407. The molecule has 0 spiro atoms. The van der Waals surface area contributed by atoms with E-state index >= 15 is 0 Å². The van der Waals surface area contributed by atoms with Gasteiger partial charge >= 0.3 is 0 Å². The number of ether oxygens (including phenoxy) is 1. The lowest BCUT2D eigenvalue weighted by Crippen LogP contribution is -2.26. The number of amides is 1. The Kier molecular flexibility index (Phi) is 6.15. The van der Waals surface area contributed by atoms with Gasteiger partial charge in [0.25, 0.3) is 5.91 Å². The Morgan fingerprint density at radius 3 is 3.00 bits per heavy atom. The molecule has 1 rings (SSSR count). The zero-order valence-corrected chi connectivity index (χ0v) is 11.2. The van der Waals surface area contributed by atoms with Crippen LogP contribution in [-0.2, 0) is 4.74 Å². The number of nitrogens with one attached hydrogen (secondary N) is 1. The van der Waals surface area contributed by atoms with Crippen molar-refractivity contribution in [1.29, 1.82) is 0 Å². The van der Waals surface area contributed by atoms with Gasteiger partial charge in [-0.3, -0.25) is 4.79 Å². The first-order valence-corrected chi connectivity index (χ1v) is 6.22. The van der Waals surface area contributed by atoms with Crippen LogP contribution in [0.3, 0.4) is 0 Å². The van der Waals surface area contributed by atoms with E-state index in [0.717, 1.165) is 6.42 Å². The summed E-state index contributed by atoms with van der Waals surface area (Å²) in [6.45, 7) is 1.12. The highest BCUT2D eigenvalue weighted by atomic mass is 79.9. The number of carbonyl (C=O) groups excluding carboxylic acids is 1. The van der Waals surface area contributed by atoms with Crippen molar-refractivity contribution in [3.63, 3.8) is 0 Å². The average molecular weight is 304 g/mol. The van der Waals surface area contributed by atoms with Gasteiger partial charge in [-0.15, -0.1) is 0 Å². The second kappa shape index (κ2) is 7.40. The summed E-state index contributed by atoms with van der Waals surface area (Å²) in [6, 6.07) is 5.63. The maximum atomic E-state index is 12.9. The average Bonchev–Trinajstić information content (AvgIpc) is 2.29. The van der Waals surface area contributed by atoms with Crippen molar-refractivity contribution >= 4 is 21.8 Å². The topological polar surface area (TPSA) is 38.3 Å². The summed E-state index contributed by atoms with van der Waals surface area (Å²) in [6.07, 6.45) is 0.759. The van der Waals surface area contributed by atoms with Gasteiger partial charge in [0.15, 0.2) is 0 Å². The van der Waals surface area contributed by atoms with Crippen LogP contribution in [0.2, 0.25) is 0 Å². The Balaban J connectivity index is 2.35. The van der Waals surface area contributed by atoms with Crippen LogP contribution in [0.1, 0.15) is 16.8 Å². The van der Waals surface area contributed by atoms with Gasteiger partial charge in [-0.25, -0.2) is 4.39 Å². The lowest BCUT2D eigenvalue weighted by atomic mass is 10.2. The Labute approximate surface area is 108 Å². The quantitative estimate of drug-likeness (QED) is 0.819. The van der Waals surface area contributed by atoms with Crippen molar-refractivity contribution in [2.24, 2.45) is 0 Å². The Hall–Kier alpha value is -0.940. The van der Waals surface area contributed by atoms with E-state index in [9.17, 15) is 9.18 Å². The summed E-state index contributed by atoms with van der Waals surface area (Å²) in [5.41, 5.74) is 0.336. The maximum absolute atomic E-state index is 12.9. The molecule has 17 heavy (non-hydrogen) atoms. The molecule has 0 fully saturated rings. The van der Waals surface area contributed by atoms with Gasteiger partial charge in [0.1, 0.15) is 5.82 Å². The zero-order valence-electron chi connectivity index (χ0n) is 9.58. The second-order valence-corrected chi connectivity index (χ2v) is 4.90. The summed E-state index contributed by atoms with van der Waals surface area (Å²) < 4.78 is 17.8. The molecule has 0 radical (unpaired) electrons. The second-order valence-electron chi connectivity index (χ2n) is 3.61. The monoisotopic (exact) mass is 303 g/mol. The summed E-state index contributed by atoms with van der Waals surface area (Å²) >= 11 is 3.42. The van der Waals surface area contributed by atoms with Gasteiger partial charge in [-0.2, -0.15) is 0 Å². The van der Waals surface area contributed by atoms with E-state index in [0.29, 0.717) is 18.7 Å². The molecular weight excluding hydrogens is 289 g/mol. The number of hydrogen-bond acceptors (Lipinski definition) is 2. The van der Waals surface area contributed by atoms with E-state index in [1.807, 2.05) is 0 Å². The molecule has 1 amide bonds. The van der Waals surface area contributed by atoms with E-state index in [1.165, 1.54) is 18.2 Å². The van der Waals surface area contributed by atoms with E-state index in [2.05, 4.69) is 21.2 Å². The molecule has 94 valence electrons. The predicted octanol–water partition coefficient (Wildman–Crippen LogP) is 2.36. The van der Waals surface area contributed by atoms with Crippen LogP contribution in [0.5, 0.6) is 0 Å². The molecule has 1 aromatic rings. The van der Waals surface area contributed by atoms with Gasteiger partial charge in [0.05, 0.1) is 6.61 Å². The highest BCUT2D eigenvalue weighted by Gasteiger charge is 2.07. The molecule has 1 unspecified atom stereocenters. The first-order valence-electron chi connectivity index (χ1n) is 5.30. The van der Waals surface area contributed by atoms with Crippen LogP contribution in [0.25, 0.3) is 0 Å². The fraction of sp³-hybridized carbons (Fsp3) is 0.417. The number of halogens is 2. The number of hydrogen-bond donors (Lipinski definition) is 1. The molecule has 0 heterocycles. The number of rotatable bonds is 6. The third-order valence-electron chi connectivity index (χ3n) is 2.18. The first kappa shape index (κ1) is 14.1. The van der Waals surface area contributed by atoms with Crippen LogP contribution in [0.15, 0.2) is 24.3 Å².